The van der Waals surface area contributed by atoms with E-state index in [0.717, 1.165) is 19.6 Å². The highest BCUT2D eigenvalue weighted by molar-refractivity contribution is 4.62. The summed E-state index contributed by atoms with van der Waals surface area (Å²) in [6.07, 6.45) is 6.59. The molecule has 0 aromatic carbocycles. The van der Waals surface area contributed by atoms with Crippen LogP contribution in [0.3, 0.4) is 0 Å². The Bertz CT molecular complexity index is 138. The minimum Gasteiger partial charge on any atom is -0.315 e. The van der Waals surface area contributed by atoms with Crippen LogP contribution < -0.4 is 10.6 Å². The van der Waals surface area contributed by atoms with E-state index in [1.807, 2.05) is 0 Å². The monoisotopic (exact) mass is 228 g/mol. The van der Waals surface area contributed by atoms with Crippen LogP contribution in [-0.4, -0.2) is 26.2 Å². The Morgan fingerprint density at radius 3 is 1.81 bits per heavy atom. The van der Waals surface area contributed by atoms with Gasteiger partial charge in [0.05, 0.1) is 0 Å². The Kier molecular flexibility index (Phi) is 10.0. The van der Waals surface area contributed by atoms with Crippen molar-refractivity contribution >= 4 is 0 Å². The summed E-state index contributed by atoms with van der Waals surface area (Å²) < 4.78 is 0. The second-order valence-corrected chi connectivity index (χ2v) is 5.87. The minimum atomic E-state index is 0.486. The van der Waals surface area contributed by atoms with Crippen LogP contribution in [0.15, 0.2) is 0 Å². The SMILES string of the molecule is CCCCCNCCNCCCC(C)(C)C. The molecule has 0 rings (SSSR count). The highest BCUT2D eigenvalue weighted by atomic mass is 14.9. The quantitative estimate of drug-likeness (QED) is 0.561. The number of rotatable bonds is 10. The van der Waals surface area contributed by atoms with Crippen molar-refractivity contribution in [3.8, 4) is 0 Å². The van der Waals surface area contributed by atoms with Gasteiger partial charge in [-0.2, -0.15) is 0 Å². The lowest BCUT2D eigenvalue weighted by Gasteiger charge is -2.17. The first-order valence-electron chi connectivity index (χ1n) is 6.97. The molecule has 16 heavy (non-hydrogen) atoms. The van der Waals surface area contributed by atoms with Crippen molar-refractivity contribution in [2.24, 2.45) is 5.41 Å². The minimum absolute atomic E-state index is 0.486. The third-order valence-electron chi connectivity index (χ3n) is 2.72. The van der Waals surface area contributed by atoms with Gasteiger partial charge >= 0.3 is 0 Å². The van der Waals surface area contributed by atoms with E-state index >= 15 is 0 Å². The topological polar surface area (TPSA) is 24.1 Å². The molecule has 0 saturated carbocycles. The standard InChI is InChI=1S/C14H32N2/c1-5-6-7-10-15-12-13-16-11-8-9-14(2,3)4/h15-16H,5-13H2,1-4H3. The Morgan fingerprint density at radius 2 is 1.31 bits per heavy atom. The van der Waals surface area contributed by atoms with Crippen molar-refractivity contribution < 1.29 is 0 Å². The maximum atomic E-state index is 3.49. The molecule has 0 aromatic heterocycles. The maximum absolute atomic E-state index is 3.49. The van der Waals surface area contributed by atoms with Gasteiger partial charge in [0.15, 0.2) is 0 Å². The van der Waals surface area contributed by atoms with Crippen molar-refractivity contribution in [2.45, 2.75) is 59.8 Å². The predicted molar refractivity (Wildman–Crippen MR) is 74.0 cm³/mol. The Morgan fingerprint density at radius 1 is 0.750 bits per heavy atom. The smallest absolute Gasteiger partial charge is 0.00767 e. The average molecular weight is 228 g/mol. The molecule has 0 saturated heterocycles. The van der Waals surface area contributed by atoms with Crippen LogP contribution in [0, 0.1) is 5.41 Å². The highest BCUT2D eigenvalue weighted by Gasteiger charge is 2.08. The number of unbranched alkanes of at least 4 members (excludes halogenated alkanes) is 2. The van der Waals surface area contributed by atoms with Gasteiger partial charge in [0, 0.05) is 13.1 Å². The average Bonchev–Trinajstić information content (AvgIpc) is 2.19. The van der Waals surface area contributed by atoms with Gasteiger partial charge in [0.25, 0.3) is 0 Å². The summed E-state index contributed by atoms with van der Waals surface area (Å²) in [5, 5.41) is 6.95. The lowest BCUT2D eigenvalue weighted by Crippen LogP contribution is -2.28. The summed E-state index contributed by atoms with van der Waals surface area (Å²) >= 11 is 0. The molecule has 0 amide bonds. The van der Waals surface area contributed by atoms with Crippen LogP contribution in [0.25, 0.3) is 0 Å². The Balaban J connectivity index is 2.99. The highest BCUT2D eigenvalue weighted by Crippen LogP contribution is 2.19. The lowest BCUT2D eigenvalue weighted by atomic mass is 9.91. The van der Waals surface area contributed by atoms with Gasteiger partial charge < -0.3 is 10.6 Å². The molecular weight excluding hydrogens is 196 g/mol. The summed E-state index contributed by atoms with van der Waals surface area (Å²) in [6, 6.07) is 0. The van der Waals surface area contributed by atoms with Crippen molar-refractivity contribution in [3.63, 3.8) is 0 Å². The molecule has 0 unspecified atom stereocenters. The first kappa shape index (κ1) is 15.9. The van der Waals surface area contributed by atoms with Crippen molar-refractivity contribution in [2.75, 3.05) is 26.2 Å². The van der Waals surface area contributed by atoms with Gasteiger partial charge in [0.1, 0.15) is 0 Å². The fourth-order valence-electron chi connectivity index (χ4n) is 1.67. The fourth-order valence-corrected chi connectivity index (χ4v) is 1.67. The van der Waals surface area contributed by atoms with E-state index < -0.39 is 0 Å². The first-order chi connectivity index (χ1) is 7.56. The van der Waals surface area contributed by atoms with Gasteiger partial charge in [0.2, 0.25) is 0 Å². The summed E-state index contributed by atoms with van der Waals surface area (Å²) in [6.45, 7) is 13.7. The molecule has 98 valence electrons. The van der Waals surface area contributed by atoms with E-state index in [9.17, 15) is 0 Å². The van der Waals surface area contributed by atoms with Crippen LogP contribution in [0.2, 0.25) is 0 Å². The van der Waals surface area contributed by atoms with E-state index in [0.29, 0.717) is 5.41 Å². The van der Waals surface area contributed by atoms with Gasteiger partial charge in [-0.05, 0) is 37.8 Å². The molecule has 0 bridgehead atoms. The van der Waals surface area contributed by atoms with Crippen LogP contribution in [-0.2, 0) is 0 Å². The zero-order valence-electron chi connectivity index (χ0n) is 11.9. The van der Waals surface area contributed by atoms with Gasteiger partial charge in [-0.25, -0.2) is 0 Å². The second-order valence-electron chi connectivity index (χ2n) is 5.87. The molecule has 2 nitrogen and oxygen atoms in total. The van der Waals surface area contributed by atoms with Crippen molar-refractivity contribution in [3.05, 3.63) is 0 Å². The molecule has 0 heterocycles. The van der Waals surface area contributed by atoms with Crippen molar-refractivity contribution in [1.82, 2.24) is 10.6 Å². The third kappa shape index (κ3) is 13.9. The molecule has 0 atom stereocenters. The third-order valence-corrected chi connectivity index (χ3v) is 2.72. The lowest BCUT2D eigenvalue weighted by molar-refractivity contribution is 0.361. The van der Waals surface area contributed by atoms with Crippen LogP contribution >= 0.6 is 0 Å². The van der Waals surface area contributed by atoms with E-state index in [1.54, 1.807) is 0 Å². The molecule has 0 aliphatic rings. The normalized spacial score (nSPS) is 12.0. The van der Waals surface area contributed by atoms with Gasteiger partial charge in [-0.3, -0.25) is 0 Å². The van der Waals surface area contributed by atoms with Crippen LogP contribution in [0.4, 0.5) is 0 Å². The van der Waals surface area contributed by atoms with Crippen molar-refractivity contribution in [1.29, 1.82) is 0 Å². The van der Waals surface area contributed by atoms with E-state index in [-0.39, 0.29) is 0 Å². The molecule has 2 heteroatoms. The Hall–Kier alpha value is -0.0800. The molecule has 0 aromatic rings. The molecule has 0 fully saturated rings. The number of nitrogens with one attached hydrogen (secondary N) is 2. The van der Waals surface area contributed by atoms with Crippen LogP contribution in [0.5, 0.6) is 0 Å². The molecule has 0 aliphatic heterocycles. The van der Waals surface area contributed by atoms with E-state index in [1.165, 1.54) is 38.6 Å². The summed E-state index contributed by atoms with van der Waals surface area (Å²) in [7, 11) is 0. The molecule has 0 spiro atoms. The maximum Gasteiger partial charge on any atom is 0.00767 e. The largest absolute Gasteiger partial charge is 0.315 e. The first-order valence-corrected chi connectivity index (χ1v) is 6.97. The zero-order valence-corrected chi connectivity index (χ0v) is 11.9. The van der Waals surface area contributed by atoms with E-state index in [4.69, 9.17) is 0 Å². The van der Waals surface area contributed by atoms with Crippen LogP contribution in [0.1, 0.15) is 59.8 Å². The predicted octanol–water partition coefficient (Wildman–Crippen LogP) is 3.18. The number of hydrogen-bond donors (Lipinski definition) is 2. The summed E-state index contributed by atoms with van der Waals surface area (Å²) in [5.74, 6) is 0. The molecule has 0 aliphatic carbocycles. The fraction of sp³-hybridized carbons (Fsp3) is 1.00. The molecular formula is C14H32N2. The molecule has 2 N–H and O–H groups in total. The second kappa shape index (κ2) is 10.1. The number of hydrogen-bond acceptors (Lipinski definition) is 2. The zero-order chi connectivity index (χ0) is 12.3. The Labute approximate surface area is 103 Å². The summed E-state index contributed by atoms with van der Waals surface area (Å²) in [5.41, 5.74) is 0.486. The summed E-state index contributed by atoms with van der Waals surface area (Å²) in [4.78, 5) is 0. The van der Waals surface area contributed by atoms with Gasteiger partial charge in [-0.15, -0.1) is 0 Å². The van der Waals surface area contributed by atoms with Gasteiger partial charge in [-0.1, -0.05) is 40.5 Å². The van der Waals surface area contributed by atoms with E-state index in [2.05, 4.69) is 38.3 Å². The molecule has 0 radical (unpaired) electrons.